The van der Waals surface area contributed by atoms with E-state index in [-0.39, 0.29) is 0 Å². The van der Waals surface area contributed by atoms with Crippen LogP contribution in [0.3, 0.4) is 0 Å². The predicted octanol–water partition coefficient (Wildman–Crippen LogP) is 3.89. The average Bonchev–Trinajstić information content (AvgIpc) is 2.77. The second-order valence-corrected chi connectivity index (χ2v) is 7.21. The molecule has 2 heterocycles. The molecule has 0 radical (unpaired) electrons. The van der Waals surface area contributed by atoms with Gasteiger partial charge in [-0.1, -0.05) is 13.8 Å². The highest BCUT2D eigenvalue weighted by atomic mass is 79.9. The van der Waals surface area contributed by atoms with Crippen LogP contribution in [-0.2, 0) is 0 Å². The van der Waals surface area contributed by atoms with Crippen molar-refractivity contribution in [2.45, 2.75) is 32.7 Å². The van der Waals surface area contributed by atoms with Gasteiger partial charge in [0.1, 0.15) is 0 Å². The highest BCUT2D eigenvalue weighted by Crippen LogP contribution is 2.36. The Labute approximate surface area is 123 Å². The van der Waals surface area contributed by atoms with Gasteiger partial charge in [-0.05, 0) is 46.1 Å². The molecule has 1 aliphatic rings. The predicted molar refractivity (Wildman–Crippen MR) is 83.3 cm³/mol. The number of rotatable bonds is 5. The van der Waals surface area contributed by atoms with Crippen molar-refractivity contribution in [2.75, 3.05) is 26.2 Å². The van der Waals surface area contributed by atoms with Gasteiger partial charge in [0, 0.05) is 41.6 Å². The lowest BCUT2D eigenvalue weighted by atomic mass is 10.0. The Bertz CT molecular complexity index is 358. The van der Waals surface area contributed by atoms with Crippen molar-refractivity contribution in [3.63, 3.8) is 0 Å². The quantitative estimate of drug-likeness (QED) is 0.880. The highest BCUT2D eigenvalue weighted by molar-refractivity contribution is 9.10. The monoisotopic (exact) mass is 330 g/mol. The van der Waals surface area contributed by atoms with Gasteiger partial charge in [-0.3, -0.25) is 4.90 Å². The maximum atomic E-state index is 3.71. The molecule has 0 aromatic carbocycles. The van der Waals surface area contributed by atoms with E-state index >= 15 is 0 Å². The first-order valence-electron chi connectivity index (χ1n) is 6.86. The number of thiophene rings is 1. The summed E-state index contributed by atoms with van der Waals surface area (Å²) in [6.07, 6.45) is 2.58. The Kier molecular flexibility index (Phi) is 5.67. The molecule has 2 rings (SSSR count). The number of nitrogens with zero attached hydrogens (tertiary/aromatic N) is 1. The van der Waals surface area contributed by atoms with Gasteiger partial charge in [0.2, 0.25) is 0 Å². The topological polar surface area (TPSA) is 15.3 Å². The zero-order valence-electron chi connectivity index (χ0n) is 11.3. The molecule has 0 amide bonds. The van der Waals surface area contributed by atoms with Crippen LogP contribution in [0.2, 0.25) is 0 Å². The zero-order chi connectivity index (χ0) is 13.0. The summed E-state index contributed by atoms with van der Waals surface area (Å²) in [4.78, 5) is 4.16. The number of nitrogens with one attached hydrogen (secondary N) is 1. The molecule has 0 bridgehead atoms. The molecule has 0 aliphatic carbocycles. The van der Waals surface area contributed by atoms with Gasteiger partial charge in [-0.25, -0.2) is 0 Å². The van der Waals surface area contributed by atoms with Gasteiger partial charge in [0.05, 0.1) is 0 Å². The lowest BCUT2D eigenvalue weighted by molar-refractivity contribution is 0.162. The molecule has 0 spiro atoms. The summed E-state index contributed by atoms with van der Waals surface area (Å²) < 4.78 is 1.29. The maximum Gasteiger partial charge on any atom is 0.0454 e. The molecule has 1 saturated heterocycles. The molecular weight excluding hydrogens is 308 g/mol. The third-order valence-corrected chi connectivity index (χ3v) is 5.53. The van der Waals surface area contributed by atoms with Crippen LogP contribution in [0.5, 0.6) is 0 Å². The minimum Gasteiger partial charge on any atom is -0.314 e. The molecule has 18 heavy (non-hydrogen) atoms. The van der Waals surface area contributed by atoms with E-state index in [0.29, 0.717) is 6.04 Å². The second kappa shape index (κ2) is 7.04. The van der Waals surface area contributed by atoms with E-state index in [1.165, 1.54) is 35.3 Å². The first kappa shape index (κ1) is 14.5. The van der Waals surface area contributed by atoms with Crippen LogP contribution >= 0.6 is 27.3 Å². The van der Waals surface area contributed by atoms with E-state index in [4.69, 9.17) is 0 Å². The standard InChI is InChI=1S/C14H23BrN2S/c1-11(2)3-4-13(14-12(15)5-10-18-14)17-8-6-16-7-9-17/h5,10-11,13,16H,3-4,6-9H2,1-2H3/t13-/m1/s1. The van der Waals surface area contributed by atoms with Crippen molar-refractivity contribution >= 4 is 27.3 Å². The summed E-state index contributed by atoms with van der Waals surface area (Å²) in [5.74, 6) is 0.786. The summed E-state index contributed by atoms with van der Waals surface area (Å²) in [6.45, 7) is 9.24. The third-order valence-electron chi connectivity index (χ3n) is 3.56. The van der Waals surface area contributed by atoms with Crippen molar-refractivity contribution in [3.8, 4) is 0 Å². The Morgan fingerprint density at radius 3 is 2.61 bits per heavy atom. The van der Waals surface area contributed by atoms with Gasteiger partial charge < -0.3 is 5.32 Å². The lowest BCUT2D eigenvalue weighted by Crippen LogP contribution is -2.45. The molecule has 1 atom stereocenters. The molecule has 102 valence electrons. The Morgan fingerprint density at radius 2 is 2.06 bits per heavy atom. The third kappa shape index (κ3) is 3.80. The molecule has 1 aromatic heterocycles. The Morgan fingerprint density at radius 1 is 1.33 bits per heavy atom. The fraction of sp³-hybridized carbons (Fsp3) is 0.714. The second-order valence-electron chi connectivity index (χ2n) is 5.41. The van der Waals surface area contributed by atoms with Gasteiger partial charge in [-0.2, -0.15) is 0 Å². The molecule has 1 aliphatic heterocycles. The first-order chi connectivity index (χ1) is 8.68. The van der Waals surface area contributed by atoms with E-state index in [2.05, 4.69) is 51.4 Å². The van der Waals surface area contributed by atoms with Gasteiger partial charge >= 0.3 is 0 Å². The van der Waals surface area contributed by atoms with Crippen molar-refractivity contribution in [2.24, 2.45) is 5.92 Å². The SMILES string of the molecule is CC(C)CC[C@H](c1sccc1Br)N1CCNCC1. The Hall–Kier alpha value is 0.1000. The first-order valence-corrected chi connectivity index (χ1v) is 8.53. The largest absolute Gasteiger partial charge is 0.314 e. The van der Waals surface area contributed by atoms with E-state index < -0.39 is 0 Å². The average molecular weight is 331 g/mol. The molecule has 0 saturated carbocycles. The molecular formula is C14H23BrN2S. The fourth-order valence-corrected chi connectivity index (χ4v) is 4.31. The summed E-state index contributed by atoms with van der Waals surface area (Å²) in [7, 11) is 0. The van der Waals surface area contributed by atoms with Crippen LogP contribution in [0.4, 0.5) is 0 Å². The lowest BCUT2D eigenvalue weighted by Gasteiger charge is -2.35. The van der Waals surface area contributed by atoms with Crippen LogP contribution in [0.15, 0.2) is 15.9 Å². The maximum absolute atomic E-state index is 3.71. The fourth-order valence-electron chi connectivity index (χ4n) is 2.51. The highest BCUT2D eigenvalue weighted by Gasteiger charge is 2.24. The molecule has 1 aromatic rings. The minimum atomic E-state index is 0.601. The van der Waals surface area contributed by atoms with E-state index in [1.807, 2.05) is 11.3 Å². The van der Waals surface area contributed by atoms with Crippen LogP contribution in [0.1, 0.15) is 37.6 Å². The van der Waals surface area contributed by atoms with E-state index in [1.54, 1.807) is 0 Å². The van der Waals surface area contributed by atoms with E-state index in [9.17, 15) is 0 Å². The summed E-state index contributed by atoms with van der Waals surface area (Å²) in [6, 6.07) is 2.79. The van der Waals surface area contributed by atoms with Crippen LogP contribution in [0, 0.1) is 5.92 Å². The number of piperazine rings is 1. The van der Waals surface area contributed by atoms with Crippen LogP contribution < -0.4 is 5.32 Å². The summed E-state index contributed by atoms with van der Waals surface area (Å²) >= 11 is 5.60. The zero-order valence-corrected chi connectivity index (χ0v) is 13.7. The van der Waals surface area contributed by atoms with Gasteiger partial charge in [-0.15, -0.1) is 11.3 Å². The normalized spacial score (nSPS) is 19.3. The van der Waals surface area contributed by atoms with Gasteiger partial charge in [0.25, 0.3) is 0 Å². The van der Waals surface area contributed by atoms with Crippen molar-refractivity contribution < 1.29 is 0 Å². The number of halogens is 1. The van der Waals surface area contributed by atoms with Crippen molar-refractivity contribution in [1.82, 2.24) is 10.2 Å². The van der Waals surface area contributed by atoms with Crippen LogP contribution in [-0.4, -0.2) is 31.1 Å². The number of hydrogen-bond donors (Lipinski definition) is 1. The molecule has 2 nitrogen and oxygen atoms in total. The minimum absolute atomic E-state index is 0.601. The molecule has 1 N–H and O–H groups in total. The molecule has 1 fully saturated rings. The molecule has 0 unspecified atom stereocenters. The Balaban J connectivity index is 2.09. The number of hydrogen-bond acceptors (Lipinski definition) is 3. The van der Waals surface area contributed by atoms with Crippen LogP contribution in [0.25, 0.3) is 0 Å². The van der Waals surface area contributed by atoms with Crippen molar-refractivity contribution in [3.05, 3.63) is 20.8 Å². The summed E-state index contributed by atoms with van der Waals surface area (Å²) in [5, 5.41) is 5.64. The van der Waals surface area contributed by atoms with Gasteiger partial charge in [0.15, 0.2) is 0 Å². The van der Waals surface area contributed by atoms with E-state index in [0.717, 1.165) is 19.0 Å². The smallest absolute Gasteiger partial charge is 0.0454 e. The summed E-state index contributed by atoms with van der Waals surface area (Å²) in [5.41, 5.74) is 0. The molecule has 4 heteroatoms. The van der Waals surface area contributed by atoms with Crippen molar-refractivity contribution in [1.29, 1.82) is 0 Å².